The van der Waals surface area contributed by atoms with Crippen molar-refractivity contribution in [1.29, 1.82) is 0 Å². The molecule has 0 spiro atoms. The maximum atomic E-state index is 12.0. The number of hydrogen-bond acceptors (Lipinski definition) is 3. The summed E-state index contributed by atoms with van der Waals surface area (Å²) in [6.07, 6.45) is 2.09. The molecule has 0 saturated carbocycles. The lowest BCUT2D eigenvalue weighted by molar-refractivity contribution is -0.132. The number of amides is 1. The third kappa shape index (κ3) is 3.70. The molecule has 1 heterocycles. The van der Waals surface area contributed by atoms with Gasteiger partial charge in [0.15, 0.2) is 0 Å². The van der Waals surface area contributed by atoms with Crippen LogP contribution in [0.5, 0.6) is 0 Å². The summed E-state index contributed by atoms with van der Waals surface area (Å²) in [5, 5.41) is 0. The second-order valence-corrected chi connectivity index (χ2v) is 5.56. The molecule has 0 aliphatic carbocycles. The van der Waals surface area contributed by atoms with Crippen molar-refractivity contribution < 1.29 is 4.79 Å². The molecule has 1 fully saturated rings. The van der Waals surface area contributed by atoms with Crippen LogP contribution < -0.4 is 5.73 Å². The topological polar surface area (TPSA) is 49.6 Å². The lowest BCUT2D eigenvalue weighted by Crippen LogP contribution is -2.42. The second kappa shape index (κ2) is 6.06. The smallest absolute Gasteiger partial charge is 0.236 e. The quantitative estimate of drug-likeness (QED) is 0.840. The van der Waals surface area contributed by atoms with Crippen LogP contribution in [-0.2, 0) is 4.79 Å². The van der Waals surface area contributed by atoms with Crippen molar-refractivity contribution in [3.8, 4) is 0 Å². The van der Waals surface area contributed by atoms with Gasteiger partial charge in [0, 0.05) is 18.8 Å². The number of likely N-dealkylation sites (tertiary alicyclic amines) is 1. The Hall–Kier alpha value is -1.55. The number of carbonyl (C=O) groups is 1. The predicted molar refractivity (Wildman–Crippen MR) is 78.0 cm³/mol. The minimum atomic E-state index is 0.237. The molecule has 0 radical (unpaired) electrons. The minimum Gasteiger partial charge on any atom is -0.399 e. The zero-order valence-corrected chi connectivity index (χ0v) is 11.8. The number of hydrogen-bond donors (Lipinski definition) is 1. The van der Waals surface area contributed by atoms with E-state index in [0.717, 1.165) is 31.6 Å². The van der Waals surface area contributed by atoms with Crippen molar-refractivity contribution in [2.24, 2.45) is 0 Å². The molecule has 2 N–H and O–H groups in total. The van der Waals surface area contributed by atoms with Crippen LogP contribution in [-0.4, -0.2) is 49.4 Å². The molecule has 1 aliphatic rings. The first kappa shape index (κ1) is 13.9. The Morgan fingerprint density at radius 1 is 1.26 bits per heavy atom. The summed E-state index contributed by atoms with van der Waals surface area (Å²) in [6.45, 7) is 2.23. The first-order valence-corrected chi connectivity index (χ1v) is 6.84. The van der Waals surface area contributed by atoms with Crippen molar-refractivity contribution in [3.63, 3.8) is 0 Å². The maximum Gasteiger partial charge on any atom is 0.236 e. The molecule has 4 heteroatoms. The predicted octanol–water partition coefficient (Wildman–Crippen LogP) is 1.54. The van der Waals surface area contributed by atoms with Gasteiger partial charge in [-0.25, -0.2) is 0 Å². The average molecular weight is 261 g/mol. The Balaban J connectivity index is 1.88. The summed E-state index contributed by atoms with van der Waals surface area (Å²) in [4.78, 5) is 15.9. The highest BCUT2D eigenvalue weighted by Gasteiger charge is 2.23. The first-order chi connectivity index (χ1) is 9.06. The van der Waals surface area contributed by atoms with Crippen LogP contribution in [0.25, 0.3) is 0 Å². The maximum absolute atomic E-state index is 12.0. The fraction of sp³-hybridized carbons (Fsp3) is 0.533. The Bertz CT molecular complexity index is 420. The molecule has 1 amide bonds. The standard InChI is InChI=1S/C15H23N3O/c1-17(2)11-15(19)18-9-7-13(8-10-18)12-3-5-14(16)6-4-12/h3-6,13H,7-11,16H2,1-2H3. The number of nitrogens with two attached hydrogens (primary N) is 1. The van der Waals surface area contributed by atoms with Gasteiger partial charge in [0.25, 0.3) is 0 Å². The third-order valence-electron chi connectivity index (χ3n) is 3.71. The van der Waals surface area contributed by atoms with Crippen molar-refractivity contribution >= 4 is 11.6 Å². The van der Waals surface area contributed by atoms with Crippen LogP contribution in [0.1, 0.15) is 24.3 Å². The minimum absolute atomic E-state index is 0.237. The fourth-order valence-corrected chi connectivity index (χ4v) is 2.60. The highest BCUT2D eigenvalue weighted by atomic mass is 16.2. The fourth-order valence-electron chi connectivity index (χ4n) is 2.60. The van der Waals surface area contributed by atoms with Crippen LogP contribution in [0, 0.1) is 0 Å². The summed E-state index contributed by atoms with van der Waals surface area (Å²) in [5.41, 5.74) is 7.86. The van der Waals surface area contributed by atoms with E-state index >= 15 is 0 Å². The van der Waals surface area contributed by atoms with Crippen molar-refractivity contribution in [2.45, 2.75) is 18.8 Å². The Labute approximate surface area is 115 Å². The average Bonchev–Trinajstić information content (AvgIpc) is 2.39. The third-order valence-corrected chi connectivity index (χ3v) is 3.71. The summed E-state index contributed by atoms with van der Waals surface area (Å²) < 4.78 is 0. The normalized spacial score (nSPS) is 16.9. The molecule has 104 valence electrons. The van der Waals surface area contributed by atoms with E-state index < -0.39 is 0 Å². The molecule has 0 aromatic heterocycles. The molecule has 1 aromatic rings. The Morgan fingerprint density at radius 3 is 2.37 bits per heavy atom. The molecule has 19 heavy (non-hydrogen) atoms. The number of benzene rings is 1. The molecule has 0 bridgehead atoms. The van der Waals surface area contributed by atoms with Crippen LogP contribution >= 0.6 is 0 Å². The number of anilines is 1. The van der Waals surface area contributed by atoms with E-state index in [1.165, 1.54) is 5.56 Å². The van der Waals surface area contributed by atoms with Crippen molar-refractivity contribution in [2.75, 3.05) is 39.5 Å². The zero-order chi connectivity index (χ0) is 13.8. The van der Waals surface area contributed by atoms with Crippen molar-refractivity contribution in [3.05, 3.63) is 29.8 Å². The Morgan fingerprint density at radius 2 is 1.84 bits per heavy atom. The molecular formula is C15H23N3O. The highest BCUT2D eigenvalue weighted by Crippen LogP contribution is 2.28. The second-order valence-electron chi connectivity index (χ2n) is 5.56. The number of piperidine rings is 1. The van der Waals surface area contributed by atoms with Gasteiger partial charge in [-0.05, 0) is 50.6 Å². The largest absolute Gasteiger partial charge is 0.399 e. The van der Waals surface area contributed by atoms with Gasteiger partial charge in [-0.2, -0.15) is 0 Å². The summed E-state index contributed by atoms with van der Waals surface area (Å²) in [7, 11) is 3.86. The lowest BCUT2D eigenvalue weighted by Gasteiger charge is -2.33. The summed E-state index contributed by atoms with van der Waals surface area (Å²) in [5.74, 6) is 0.796. The molecule has 0 unspecified atom stereocenters. The van der Waals surface area contributed by atoms with Gasteiger partial charge in [0.1, 0.15) is 0 Å². The zero-order valence-electron chi connectivity index (χ0n) is 11.8. The van der Waals surface area contributed by atoms with E-state index in [2.05, 4.69) is 12.1 Å². The highest BCUT2D eigenvalue weighted by molar-refractivity contribution is 5.78. The molecular weight excluding hydrogens is 238 g/mol. The van der Waals surface area contributed by atoms with Crippen molar-refractivity contribution in [1.82, 2.24) is 9.80 Å². The molecule has 4 nitrogen and oxygen atoms in total. The molecule has 1 aliphatic heterocycles. The molecule has 1 saturated heterocycles. The molecule has 1 aromatic carbocycles. The van der Waals surface area contributed by atoms with Gasteiger partial charge >= 0.3 is 0 Å². The van der Waals surface area contributed by atoms with E-state index in [4.69, 9.17) is 5.73 Å². The van der Waals surface area contributed by atoms with Crippen LogP contribution in [0.15, 0.2) is 24.3 Å². The number of likely N-dealkylation sites (N-methyl/N-ethyl adjacent to an activating group) is 1. The van der Waals surface area contributed by atoms with Gasteiger partial charge in [0.05, 0.1) is 6.54 Å². The van der Waals surface area contributed by atoms with E-state index in [1.807, 2.05) is 36.0 Å². The number of nitrogen functional groups attached to an aromatic ring is 1. The van der Waals surface area contributed by atoms with Gasteiger partial charge in [-0.15, -0.1) is 0 Å². The lowest BCUT2D eigenvalue weighted by atomic mass is 9.89. The number of rotatable bonds is 3. The van der Waals surface area contributed by atoms with E-state index in [1.54, 1.807) is 0 Å². The van der Waals surface area contributed by atoms with Gasteiger partial charge in [0.2, 0.25) is 5.91 Å². The van der Waals surface area contributed by atoms with Gasteiger partial charge in [-0.1, -0.05) is 12.1 Å². The van der Waals surface area contributed by atoms with Crippen LogP contribution in [0.4, 0.5) is 5.69 Å². The van der Waals surface area contributed by atoms with E-state index in [0.29, 0.717) is 12.5 Å². The number of nitrogens with zero attached hydrogens (tertiary/aromatic N) is 2. The molecule has 2 rings (SSSR count). The monoisotopic (exact) mass is 261 g/mol. The first-order valence-electron chi connectivity index (χ1n) is 6.84. The van der Waals surface area contributed by atoms with Gasteiger partial charge in [-0.3, -0.25) is 4.79 Å². The van der Waals surface area contributed by atoms with E-state index in [9.17, 15) is 4.79 Å². The van der Waals surface area contributed by atoms with Crippen LogP contribution in [0.3, 0.4) is 0 Å². The SMILES string of the molecule is CN(C)CC(=O)N1CCC(c2ccc(N)cc2)CC1. The van der Waals surface area contributed by atoms with Gasteiger partial charge < -0.3 is 15.5 Å². The number of carbonyl (C=O) groups excluding carboxylic acids is 1. The Kier molecular flexibility index (Phi) is 4.43. The molecule has 0 atom stereocenters. The van der Waals surface area contributed by atoms with E-state index in [-0.39, 0.29) is 5.91 Å². The van der Waals surface area contributed by atoms with Crippen LogP contribution in [0.2, 0.25) is 0 Å². The summed E-state index contributed by atoms with van der Waals surface area (Å²) in [6, 6.07) is 8.13. The summed E-state index contributed by atoms with van der Waals surface area (Å²) >= 11 is 0.